The van der Waals surface area contributed by atoms with Gasteiger partial charge in [-0.1, -0.05) is 0 Å². The van der Waals surface area contributed by atoms with E-state index < -0.39 is 5.97 Å². The molecule has 3 aliphatic rings. The highest BCUT2D eigenvalue weighted by Gasteiger charge is 2.45. The number of carboxylic acids is 1. The van der Waals surface area contributed by atoms with Gasteiger partial charge in [0.05, 0.1) is 36.6 Å². The number of carbonyl (C=O) groups excluding carboxylic acids is 1. The Hall–Kier alpha value is -2.15. The summed E-state index contributed by atoms with van der Waals surface area (Å²) >= 11 is 0. The molecule has 0 spiro atoms. The molecule has 3 fully saturated rings. The smallest absolute Gasteiger partial charge is 0.306 e. The first-order chi connectivity index (χ1) is 12.1. The number of rotatable bonds is 3. The molecule has 3 unspecified atom stereocenters. The van der Waals surface area contributed by atoms with Crippen LogP contribution in [0.15, 0.2) is 18.5 Å². The van der Waals surface area contributed by atoms with Gasteiger partial charge in [-0.05, 0) is 30.7 Å². The maximum atomic E-state index is 13.2. The average Bonchev–Trinajstić information content (AvgIpc) is 2.96. The van der Waals surface area contributed by atoms with E-state index in [9.17, 15) is 14.7 Å². The highest BCUT2D eigenvalue weighted by atomic mass is 16.5. The van der Waals surface area contributed by atoms with E-state index in [1.165, 1.54) is 0 Å². The average molecular weight is 345 g/mol. The minimum Gasteiger partial charge on any atom is -0.481 e. The van der Waals surface area contributed by atoms with Gasteiger partial charge in [-0.2, -0.15) is 0 Å². The van der Waals surface area contributed by atoms with Crippen molar-refractivity contribution in [2.75, 3.05) is 44.3 Å². The van der Waals surface area contributed by atoms with Crippen LogP contribution in [-0.2, 0) is 9.53 Å². The third-order valence-electron chi connectivity index (χ3n) is 5.71. The van der Waals surface area contributed by atoms with Gasteiger partial charge in [0.1, 0.15) is 0 Å². The number of morpholine rings is 1. The lowest BCUT2D eigenvalue weighted by Gasteiger charge is -2.34. The molecule has 1 N–H and O–H groups in total. The second-order valence-electron chi connectivity index (χ2n) is 7.24. The predicted molar refractivity (Wildman–Crippen MR) is 90.5 cm³/mol. The van der Waals surface area contributed by atoms with E-state index >= 15 is 0 Å². The fraction of sp³-hybridized carbons (Fsp3) is 0.611. The highest BCUT2D eigenvalue weighted by Crippen LogP contribution is 2.41. The van der Waals surface area contributed by atoms with Crippen LogP contribution < -0.4 is 4.90 Å². The third kappa shape index (κ3) is 3.08. The van der Waals surface area contributed by atoms with Crippen LogP contribution in [0.2, 0.25) is 0 Å². The van der Waals surface area contributed by atoms with Crippen molar-refractivity contribution >= 4 is 17.6 Å². The Bertz CT molecular complexity index is 674. The van der Waals surface area contributed by atoms with Gasteiger partial charge in [0.15, 0.2) is 0 Å². The van der Waals surface area contributed by atoms with E-state index in [1.54, 1.807) is 18.5 Å². The molecule has 0 radical (unpaired) electrons. The molecule has 2 aliphatic heterocycles. The molecule has 2 bridgehead atoms. The van der Waals surface area contributed by atoms with E-state index in [1.807, 2.05) is 4.90 Å². The largest absolute Gasteiger partial charge is 0.481 e. The molecule has 4 rings (SSSR count). The minimum absolute atomic E-state index is 0.00960. The Morgan fingerprint density at radius 2 is 2.00 bits per heavy atom. The number of ether oxygens (including phenoxy) is 1. The predicted octanol–water partition coefficient (Wildman–Crippen LogP) is 1.10. The third-order valence-corrected chi connectivity index (χ3v) is 5.71. The van der Waals surface area contributed by atoms with Crippen molar-refractivity contribution in [2.24, 2.45) is 17.8 Å². The summed E-state index contributed by atoms with van der Waals surface area (Å²) in [6.45, 7) is 3.99. The summed E-state index contributed by atoms with van der Waals surface area (Å²) in [5.41, 5.74) is 1.51. The Morgan fingerprint density at radius 1 is 1.20 bits per heavy atom. The molecule has 1 aliphatic carbocycles. The number of piperidine rings is 1. The molecular weight excluding hydrogens is 322 g/mol. The second-order valence-corrected chi connectivity index (χ2v) is 7.24. The van der Waals surface area contributed by atoms with Gasteiger partial charge in [0.2, 0.25) is 0 Å². The van der Waals surface area contributed by atoms with Gasteiger partial charge in [-0.15, -0.1) is 0 Å². The Kier molecular flexibility index (Phi) is 4.33. The molecule has 2 saturated heterocycles. The Labute approximate surface area is 146 Å². The topological polar surface area (TPSA) is 83.0 Å². The molecular formula is C18H23N3O4. The molecule has 134 valence electrons. The van der Waals surface area contributed by atoms with Crippen molar-refractivity contribution in [2.45, 2.75) is 12.8 Å². The van der Waals surface area contributed by atoms with Gasteiger partial charge >= 0.3 is 5.97 Å². The number of aromatic nitrogens is 1. The molecule has 1 amide bonds. The number of nitrogens with zero attached hydrogens (tertiary/aromatic N) is 3. The SMILES string of the molecule is O=C(O)C1CC2CC1CN(C(=O)c1ccncc1N1CCOCC1)C2. The number of hydrogen-bond acceptors (Lipinski definition) is 5. The van der Waals surface area contributed by atoms with Crippen molar-refractivity contribution in [1.82, 2.24) is 9.88 Å². The van der Waals surface area contributed by atoms with E-state index in [0.29, 0.717) is 44.2 Å². The minimum atomic E-state index is -0.722. The summed E-state index contributed by atoms with van der Waals surface area (Å²) in [5, 5.41) is 9.39. The Morgan fingerprint density at radius 3 is 2.76 bits per heavy atom. The van der Waals surface area contributed by atoms with Crippen LogP contribution >= 0.6 is 0 Å². The first-order valence-corrected chi connectivity index (χ1v) is 8.92. The number of likely N-dealkylation sites (tertiary alicyclic amines) is 1. The van der Waals surface area contributed by atoms with Crippen LogP contribution in [0.4, 0.5) is 5.69 Å². The van der Waals surface area contributed by atoms with Gasteiger partial charge in [0, 0.05) is 32.4 Å². The quantitative estimate of drug-likeness (QED) is 0.883. The van der Waals surface area contributed by atoms with Gasteiger partial charge in [0.25, 0.3) is 5.91 Å². The number of aliphatic carboxylic acids is 1. The summed E-state index contributed by atoms with van der Waals surface area (Å²) < 4.78 is 5.40. The molecule has 1 aromatic heterocycles. The lowest BCUT2D eigenvalue weighted by atomic mass is 9.94. The van der Waals surface area contributed by atoms with Crippen molar-refractivity contribution in [3.63, 3.8) is 0 Å². The second kappa shape index (κ2) is 6.63. The van der Waals surface area contributed by atoms with Crippen molar-refractivity contribution < 1.29 is 19.4 Å². The molecule has 3 atom stereocenters. The normalized spacial score (nSPS) is 28.9. The number of anilines is 1. The lowest BCUT2D eigenvalue weighted by Crippen LogP contribution is -2.43. The molecule has 1 saturated carbocycles. The van der Waals surface area contributed by atoms with E-state index in [2.05, 4.69) is 9.88 Å². The Balaban J connectivity index is 1.55. The molecule has 3 heterocycles. The zero-order valence-corrected chi connectivity index (χ0v) is 14.1. The first kappa shape index (κ1) is 16.3. The molecule has 1 aromatic rings. The fourth-order valence-electron chi connectivity index (χ4n) is 4.52. The number of hydrogen-bond donors (Lipinski definition) is 1. The van der Waals surface area contributed by atoms with Gasteiger partial charge in [-0.25, -0.2) is 0 Å². The zero-order valence-electron chi connectivity index (χ0n) is 14.1. The monoisotopic (exact) mass is 345 g/mol. The number of fused-ring (bicyclic) bond motifs is 2. The first-order valence-electron chi connectivity index (χ1n) is 8.92. The number of carbonyl (C=O) groups is 2. The van der Waals surface area contributed by atoms with Crippen molar-refractivity contribution in [3.8, 4) is 0 Å². The summed E-state index contributed by atoms with van der Waals surface area (Å²) in [6, 6.07) is 1.78. The standard InChI is InChI=1S/C18H23N3O4/c22-17(21-10-12-7-13(11-21)15(8-12)18(23)24)14-1-2-19-9-16(14)20-3-5-25-6-4-20/h1-2,9,12-13,15H,3-8,10-11H2,(H,23,24). The van der Waals surface area contributed by atoms with Crippen molar-refractivity contribution in [1.29, 1.82) is 0 Å². The zero-order chi connectivity index (χ0) is 17.4. The van der Waals surface area contributed by atoms with Crippen LogP contribution in [0.1, 0.15) is 23.2 Å². The number of pyridine rings is 1. The number of carboxylic acid groups (broad SMARTS) is 1. The van der Waals surface area contributed by atoms with E-state index in [4.69, 9.17) is 4.74 Å². The van der Waals surface area contributed by atoms with Crippen LogP contribution in [0.5, 0.6) is 0 Å². The molecule has 7 heteroatoms. The van der Waals surface area contributed by atoms with Crippen LogP contribution in [0, 0.1) is 17.8 Å². The van der Waals surface area contributed by atoms with Gasteiger partial charge in [-0.3, -0.25) is 14.6 Å². The van der Waals surface area contributed by atoms with E-state index in [-0.39, 0.29) is 17.7 Å². The molecule has 0 aromatic carbocycles. The maximum absolute atomic E-state index is 13.2. The highest BCUT2D eigenvalue weighted by molar-refractivity contribution is 5.99. The van der Waals surface area contributed by atoms with Crippen LogP contribution in [0.3, 0.4) is 0 Å². The number of amides is 1. The summed E-state index contributed by atoms with van der Waals surface area (Å²) in [7, 11) is 0. The van der Waals surface area contributed by atoms with E-state index in [0.717, 1.165) is 25.2 Å². The van der Waals surface area contributed by atoms with Crippen molar-refractivity contribution in [3.05, 3.63) is 24.0 Å². The van der Waals surface area contributed by atoms with Crippen LogP contribution in [-0.4, -0.2) is 66.3 Å². The maximum Gasteiger partial charge on any atom is 0.306 e. The fourth-order valence-corrected chi connectivity index (χ4v) is 4.52. The lowest BCUT2D eigenvalue weighted by molar-refractivity contribution is -0.142. The van der Waals surface area contributed by atoms with Crippen LogP contribution in [0.25, 0.3) is 0 Å². The summed E-state index contributed by atoms with van der Waals surface area (Å²) in [6.07, 6.45) is 5.01. The summed E-state index contributed by atoms with van der Waals surface area (Å²) in [5.74, 6) is -0.658. The molecule has 25 heavy (non-hydrogen) atoms. The summed E-state index contributed by atoms with van der Waals surface area (Å²) in [4.78, 5) is 32.8. The molecule has 7 nitrogen and oxygen atoms in total. The van der Waals surface area contributed by atoms with Gasteiger partial charge < -0.3 is 19.6 Å².